The molecule has 0 aromatic carbocycles. The van der Waals surface area contributed by atoms with Crippen LogP contribution in [0, 0.1) is 0 Å². The van der Waals surface area contributed by atoms with E-state index in [1.54, 1.807) is 7.11 Å². The SMILES string of the molecule is COCCCNC(=S)N1CCNC(=O)C1C. The molecule has 6 heteroatoms. The van der Waals surface area contributed by atoms with Crippen LogP contribution in [0.3, 0.4) is 0 Å². The van der Waals surface area contributed by atoms with Gasteiger partial charge in [-0.05, 0) is 25.6 Å². The van der Waals surface area contributed by atoms with Gasteiger partial charge in [0.05, 0.1) is 0 Å². The lowest BCUT2D eigenvalue weighted by Crippen LogP contribution is -2.58. The average Bonchev–Trinajstić information content (AvgIpc) is 2.28. The first-order valence-corrected chi connectivity index (χ1v) is 5.88. The third-order valence-corrected chi connectivity index (χ3v) is 2.94. The van der Waals surface area contributed by atoms with Gasteiger partial charge in [0.25, 0.3) is 0 Å². The zero-order chi connectivity index (χ0) is 12.0. The Balaban J connectivity index is 2.32. The number of ether oxygens (including phenoxy) is 1. The molecule has 1 unspecified atom stereocenters. The molecule has 1 heterocycles. The van der Waals surface area contributed by atoms with Gasteiger partial charge in [-0.1, -0.05) is 0 Å². The molecular weight excluding hydrogens is 226 g/mol. The van der Waals surface area contributed by atoms with E-state index in [0.29, 0.717) is 18.3 Å². The van der Waals surface area contributed by atoms with Crippen molar-refractivity contribution in [1.29, 1.82) is 0 Å². The van der Waals surface area contributed by atoms with E-state index < -0.39 is 0 Å². The summed E-state index contributed by atoms with van der Waals surface area (Å²) in [5.74, 6) is 0.0345. The molecule has 0 aromatic rings. The molecule has 0 radical (unpaired) electrons. The second kappa shape index (κ2) is 6.65. The minimum absolute atomic E-state index is 0.0345. The molecule has 1 fully saturated rings. The molecule has 1 aliphatic rings. The van der Waals surface area contributed by atoms with Gasteiger partial charge in [0.15, 0.2) is 5.11 Å². The molecule has 2 N–H and O–H groups in total. The maximum absolute atomic E-state index is 11.4. The Bertz CT molecular complexity index is 260. The monoisotopic (exact) mass is 245 g/mol. The molecule has 1 atom stereocenters. The first kappa shape index (κ1) is 13.2. The highest BCUT2D eigenvalue weighted by molar-refractivity contribution is 7.80. The number of carbonyl (C=O) groups excluding carboxylic acids is 1. The molecule has 1 amide bonds. The predicted octanol–water partition coefficient (Wildman–Crippen LogP) is -0.282. The molecule has 1 rings (SSSR count). The molecule has 0 aromatic heterocycles. The topological polar surface area (TPSA) is 53.6 Å². The van der Waals surface area contributed by atoms with Crippen LogP contribution in [0.4, 0.5) is 0 Å². The Morgan fingerprint density at radius 2 is 2.50 bits per heavy atom. The van der Waals surface area contributed by atoms with Crippen molar-refractivity contribution in [3.63, 3.8) is 0 Å². The van der Waals surface area contributed by atoms with Gasteiger partial charge in [-0.3, -0.25) is 4.79 Å². The van der Waals surface area contributed by atoms with E-state index in [1.165, 1.54) is 0 Å². The fourth-order valence-corrected chi connectivity index (χ4v) is 1.92. The molecule has 16 heavy (non-hydrogen) atoms. The second-order valence-corrected chi connectivity index (χ2v) is 4.13. The van der Waals surface area contributed by atoms with Crippen molar-refractivity contribution in [3.8, 4) is 0 Å². The van der Waals surface area contributed by atoms with Crippen LogP contribution in [0.25, 0.3) is 0 Å². The standard InChI is InChI=1S/C10H19N3O2S/c1-8-9(14)11-5-6-13(8)10(16)12-4-3-7-15-2/h8H,3-7H2,1-2H3,(H,11,14)(H,12,16). The summed E-state index contributed by atoms with van der Waals surface area (Å²) >= 11 is 5.25. The van der Waals surface area contributed by atoms with Crippen molar-refractivity contribution in [3.05, 3.63) is 0 Å². The Hall–Kier alpha value is -0.880. The van der Waals surface area contributed by atoms with Gasteiger partial charge >= 0.3 is 0 Å². The van der Waals surface area contributed by atoms with Crippen molar-refractivity contribution in [1.82, 2.24) is 15.5 Å². The highest BCUT2D eigenvalue weighted by atomic mass is 32.1. The number of rotatable bonds is 4. The number of amides is 1. The van der Waals surface area contributed by atoms with E-state index in [-0.39, 0.29) is 11.9 Å². The van der Waals surface area contributed by atoms with Crippen LogP contribution in [0.15, 0.2) is 0 Å². The Morgan fingerprint density at radius 3 is 3.19 bits per heavy atom. The smallest absolute Gasteiger partial charge is 0.242 e. The normalized spacial score (nSPS) is 20.5. The Morgan fingerprint density at radius 1 is 1.75 bits per heavy atom. The highest BCUT2D eigenvalue weighted by Gasteiger charge is 2.26. The number of nitrogens with one attached hydrogen (secondary N) is 2. The third kappa shape index (κ3) is 3.61. The molecular formula is C10H19N3O2S. The highest BCUT2D eigenvalue weighted by Crippen LogP contribution is 2.04. The average molecular weight is 245 g/mol. The molecule has 0 aliphatic carbocycles. The number of methoxy groups -OCH3 is 1. The van der Waals surface area contributed by atoms with Gasteiger partial charge in [0.1, 0.15) is 6.04 Å². The summed E-state index contributed by atoms with van der Waals surface area (Å²) in [5, 5.41) is 6.59. The van der Waals surface area contributed by atoms with Crippen molar-refractivity contribution >= 4 is 23.2 Å². The van der Waals surface area contributed by atoms with E-state index in [0.717, 1.165) is 19.5 Å². The fraction of sp³-hybridized carbons (Fsp3) is 0.800. The van der Waals surface area contributed by atoms with E-state index in [1.807, 2.05) is 11.8 Å². The minimum Gasteiger partial charge on any atom is -0.385 e. The van der Waals surface area contributed by atoms with Gasteiger partial charge in [0.2, 0.25) is 5.91 Å². The Kier molecular flexibility index (Phi) is 5.48. The zero-order valence-electron chi connectivity index (χ0n) is 9.78. The number of hydrogen-bond donors (Lipinski definition) is 2. The second-order valence-electron chi connectivity index (χ2n) is 3.74. The summed E-state index contributed by atoms with van der Waals surface area (Å²) in [7, 11) is 1.68. The number of nitrogens with zero attached hydrogens (tertiary/aromatic N) is 1. The van der Waals surface area contributed by atoms with Crippen LogP contribution in [0.1, 0.15) is 13.3 Å². The van der Waals surface area contributed by atoms with Crippen LogP contribution >= 0.6 is 12.2 Å². The van der Waals surface area contributed by atoms with Crippen LogP contribution in [-0.2, 0) is 9.53 Å². The van der Waals surface area contributed by atoms with E-state index >= 15 is 0 Å². The minimum atomic E-state index is -0.184. The summed E-state index contributed by atoms with van der Waals surface area (Å²) in [5.41, 5.74) is 0. The summed E-state index contributed by atoms with van der Waals surface area (Å²) in [6, 6.07) is -0.184. The lowest BCUT2D eigenvalue weighted by Gasteiger charge is -2.34. The van der Waals surface area contributed by atoms with Crippen LogP contribution in [0.5, 0.6) is 0 Å². The lowest BCUT2D eigenvalue weighted by atomic mass is 10.2. The number of thiocarbonyl (C=S) groups is 1. The van der Waals surface area contributed by atoms with Crippen LogP contribution in [0.2, 0.25) is 0 Å². The third-order valence-electron chi connectivity index (χ3n) is 2.56. The maximum atomic E-state index is 11.4. The number of piperazine rings is 1. The van der Waals surface area contributed by atoms with Crippen molar-refractivity contribution < 1.29 is 9.53 Å². The van der Waals surface area contributed by atoms with E-state index in [9.17, 15) is 4.79 Å². The van der Waals surface area contributed by atoms with Gasteiger partial charge in [-0.25, -0.2) is 0 Å². The zero-order valence-corrected chi connectivity index (χ0v) is 10.6. The first-order valence-electron chi connectivity index (χ1n) is 5.48. The van der Waals surface area contributed by atoms with Gasteiger partial charge in [-0.15, -0.1) is 0 Å². The van der Waals surface area contributed by atoms with Gasteiger partial charge in [-0.2, -0.15) is 0 Å². The van der Waals surface area contributed by atoms with Crippen LogP contribution < -0.4 is 10.6 Å². The fourth-order valence-electron chi connectivity index (χ4n) is 1.57. The molecule has 0 spiro atoms. The lowest BCUT2D eigenvalue weighted by molar-refractivity contribution is -0.126. The molecule has 0 saturated carbocycles. The van der Waals surface area contributed by atoms with Crippen LogP contribution in [-0.4, -0.2) is 55.3 Å². The summed E-state index contributed by atoms with van der Waals surface area (Å²) < 4.78 is 4.95. The van der Waals surface area contributed by atoms with E-state index in [2.05, 4.69) is 10.6 Å². The molecule has 5 nitrogen and oxygen atoms in total. The predicted molar refractivity (Wildman–Crippen MR) is 66.3 cm³/mol. The molecule has 1 saturated heterocycles. The van der Waals surface area contributed by atoms with Crippen molar-refractivity contribution in [2.24, 2.45) is 0 Å². The summed E-state index contributed by atoms with van der Waals surface area (Å²) in [6.07, 6.45) is 0.908. The largest absolute Gasteiger partial charge is 0.385 e. The van der Waals surface area contributed by atoms with Crippen molar-refractivity contribution in [2.75, 3.05) is 33.4 Å². The maximum Gasteiger partial charge on any atom is 0.242 e. The van der Waals surface area contributed by atoms with Gasteiger partial charge in [0, 0.05) is 33.4 Å². The van der Waals surface area contributed by atoms with Gasteiger partial charge < -0.3 is 20.3 Å². The molecule has 1 aliphatic heterocycles. The first-order chi connectivity index (χ1) is 7.66. The Labute approximate surface area is 102 Å². The number of hydrogen-bond acceptors (Lipinski definition) is 3. The van der Waals surface area contributed by atoms with Crippen molar-refractivity contribution in [2.45, 2.75) is 19.4 Å². The number of carbonyl (C=O) groups is 1. The summed E-state index contributed by atoms with van der Waals surface area (Å²) in [6.45, 7) is 4.77. The summed E-state index contributed by atoms with van der Waals surface area (Å²) in [4.78, 5) is 13.3. The van der Waals surface area contributed by atoms with E-state index in [4.69, 9.17) is 17.0 Å². The molecule has 0 bridgehead atoms. The molecule has 92 valence electrons. The quantitative estimate of drug-likeness (QED) is 0.527.